The van der Waals surface area contributed by atoms with Crippen molar-refractivity contribution in [3.63, 3.8) is 0 Å². The van der Waals surface area contributed by atoms with E-state index in [1.807, 2.05) is 18.4 Å². The average molecular weight is 154 g/mol. The van der Waals surface area contributed by atoms with Crippen LogP contribution in [0.4, 0.5) is 0 Å². The second kappa shape index (κ2) is 4.30. The van der Waals surface area contributed by atoms with Gasteiger partial charge >= 0.3 is 0 Å². The highest BCUT2D eigenvalue weighted by Gasteiger charge is 1.86. The minimum absolute atomic E-state index is 0.906. The second-order valence-electron chi connectivity index (χ2n) is 1.88. The van der Waals surface area contributed by atoms with Crippen molar-refractivity contribution >= 4 is 11.9 Å². The average Bonchev–Trinajstić information content (AvgIpc) is 2.03. The van der Waals surface area contributed by atoms with Crippen molar-refractivity contribution in [3.8, 4) is 0 Å². The summed E-state index contributed by atoms with van der Waals surface area (Å²) >= 11 is 1.63. The third-order valence-corrected chi connectivity index (χ3v) is 1.60. The molecule has 0 aliphatic heterocycles. The highest BCUT2D eigenvalue weighted by atomic mass is 32.2. The van der Waals surface area contributed by atoms with E-state index in [0.717, 1.165) is 6.54 Å². The number of hydrogen-bond donors (Lipinski definition) is 1. The predicted octanol–water partition coefficient (Wildman–Crippen LogP) is 1.45. The van der Waals surface area contributed by atoms with Gasteiger partial charge in [0.25, 0.3) is 0 Å². The molecule has 0 aliphatic rings. The van der Waals surface area contributed by atoms with Gasteiger partial charge in [-0.05, 0) is 24.0 Å². The zero-order valence-electron chi connectivity index (χ0n) is 5.87. The molecule has 3 heteroatoms. The van der Waals surface area contributed by atoms with E-state index in [2.05, 4.69) is 9.71 Å². The maximum atomic E-state index is 3.92. The summed E-state index contributed by atoms with van der Waals surface area (Å²) in [5.41, 5.74) is 1.27. The predicted molar refractivity (Wildman–Crippen MR) is 44.6 cm³/mol. The maximum absolute atomic E-state index is 3.92. The van der Waals surface area contributed by atoms with Gasteiger partial charge in [-0.25, -0.2) is 0 Å². The Kier molecular flexibility index (Phi) is 3.26. The first-order chi connectivity index (χ1) is 4.93. The Labute approximate surface area is 65.2 Å². The first-order valence-corrected chi connectivity index (χ1v) is 4.30. The van der Waals surface area contributed by atoms with Crippen LogP contribution in [0.25, 0.3) is 0 Å². The van der Waals surface area contributed by atoms with Crippen LogP contribution in [0.1, 0.15) is 5.56 Å². The molecule has 0 spiro atoms. The smallest absolute Gasteiger partial charge is 0.0310 e. The number of rotatable bonds is 3. The molecule has 0 fully saturated rings. The number of aromatic nitrogens is 1. The van der Waals surface area contributed by atoms with Crippen molar-refractivity contribution < 1.29 is 0 Å². The number of pyridine rings is 1. The standard InChI is InChI=1S/C7H10N2S/c1-10-9-6-7-2-4-8-5-3-7/h2-5,9H,6H2,1H3. The van der Waals surface area contributed by atoms with Gasteiger partial charge < -0.3 is 0 Å². The lowest BCUT2D eigenvalue weighted by molar-refractivity contribution is 0.973. The summed E-state index contributed by atoms with van der Waals surface area (Å²) in [4.78, 5) is 3.92. The van der Waals surface area contributed by atoms with E-state index < -0.39 is 0 Å². The van der Waals surface area contributed by atoms with E-state index in [0.29, 0.717) is 0 Å². The minimum Gasteiger partial charge on any atom is -0.265 e. The summed E-state index contributed by atoms with van der Waals surface area (Å²) in [6.07, 6.45) is 5.62. The van der Waals surface area contributed by atoms with E-state index in [1.54, 1.807) is 24.3 Å². The number of nitrogens with zero attached hydrogens (tertiary/aromatic N) is 1. The van der Waals surface area contributed by atoms with E-state index >= 15 is 0 Å². The number of nitrogens with one attached hydrogen (secondary N) is 1. The van der Waals surface area contributed by atoms with Gasteiger partial charge in [0.2, 0.25) is 0 Å². The first-order valence-electron chi connectivity index (χ1n) is 3.08. The fraction of sp³-hybridized carbons (Fsp3) is 0.286. The van der Waals surface area contributed by atoms with Crippen molar-refractivity contribution in [3.05, 3.63) is 30.1 Å². The van der Waals surface area contributed by atoms with Gasteiger partial charge in [0.1, 0.15) is 0 Å². The van der Waals surface area contributed by atoms with Gasteiger partial charge in [0.15, 0.2) is 0 Å². The lowest BCUT2D eigenvalue weighted by Crippen LogP contribution is -2.01. The van der Waals surface area contributed by atoms with Gasteiger partial charge in [-0.1, -0.05) is 11.9 Å². The summed E-state index contributed by atoms with van der Waals surface area (Å²) < 4.78 is 3.15. The quantitative estimate of drug-likeness (QED) is 0.667. The third-order valence-electron chi connectivity index (χ3n) is 1.17. The lowest BCUT2D eigenvalue weighted by Gasteiger charge is -1.98. The van der Waals surface area contributed by atoms with E-state index in [-0.39, 0.29) is 0 Å². The lowest BCUT2D eigenvalue weighted by atomic mass is 10.3. The molecule has 0 atom stereocenters. The Balaban J connectivity index is 2.43. The molecule has 1 N–H and O–H groups in total. The molecule has 1 aromatic rings. The Morgan fingerprint density at radius 2 is 2.20 bits per heavy atom. The molecule has 0 radical (unpaired) electrons. The van der Waals surface area contributed by atoms with Crippen LogP contribution in [0.5, 0.6) is 0 Å². The monoisotopic (exact) mass is 154 g/mol. The molecular weight excluding hydrogens is 144 g/mol. The molecule has 54 valence electrons. The summed E-state index contributed by atoms with van der Waals surface area (Å²) in [6.45, 7) is 0.906. The normalized spacial score (nSPS) is 9.70. The van der Waals surface area contributed by atoms with Crippen LogP contribution in [-0.4, -0.2) is 11.2 Å². The van der Waals surface area contributed by atoms with E-state index in [9.17, 15) is 0 Å². The molecule has 1 rings (SSSR count). The van der Waals surface area contributed by atoms with Gasteiger partial charge in [0.05, 0.1) is 0 Å². The SMILES string of the molecule is CSNCc1ccncc1. The molecule has 1 aromatic heterocycles. The Morgan fingerprint density at radius 3 is 2.80 bits per heavy atom. The highest BCUT2D eigenvalue weighted by molar-refractivity contribution is 7.96. The molecule has 0 aromatic carbocycles. The van der Waals surface area contributed by atoms with Crippen LogP contribution < -0.4 is 4.72 Å². The van der Waals surface area contributed by atoms with Crippen molar-refractivity contribution in [2.24, 2.45) is 0 Å². The van der Waals surface area contributed by atoms with E-state index in [1.165, 1.54) is 5.56 Å². The molecule has 1 heterocycles. The van der Waals surface area contributed by atoms with Crippen LogP contribution >= 0.6 is 11.9 Å². The molecule has 0 amide bonds. The van der Waals surface area contributed by atoms with Crippen LogP contribution in [0.2, 0.25) is 0 Å². The largest absolute Gasteiger partial charge is 0.265 e. The van der Waals surface area contributed by atoms with Gasteiger partial charge in [-0.3, -0.25) is 9.71 Å². The molecule has 0 saturated heterocycles. The van der Waals surface area contributed by atoms with Crippen molar-refractivity contribution in [2.75, 3.05) is 6.26 Å². The van der Waals surface area contributed by atoms with E-state index in [4.69, 9.17) is 0 Å². The van der Waals surface area contributed by atoms with Crippen LogP contribution in [-0.2, 0) is 6.54 Å². The van der Waals surface area contributed by atoms with Crippen molar-refractivity contribution in [1.29, 1.82) is 0 Å². The summed E-state index contributed by atoms with van der Waals surface area (Å²) in [5, 5.41) is 0. The van der Waals surface area contributed by atoms with Gasteiger partial charge in [-0.2, -0.15) is 0 Å². The molecule has 2 nitrogen and oxygen atoms in total. The van der Waals surface area contributed by atoms with Crippen molar-refractivity contribution in [1.82, 2.24) is 9.71 Å². The van der Waals surface area contributed by atoms with Gasteiger partial charge in [0, 0.05) is 18.9 Å². The zero-order chi connectivity index (χ0) is 7.23. The highest BCUT2D eigenvalue weighted by Crippen LogP contribution is 1.96. The third kappa shape index (κ3) is 2.37. The topological polar surface area (TPSA) is 24.9 Å². The molecule has 10 heavy (non-hydrogen) atoms. The molecular formula is C7H10N2S. The Morgan fingerprint density at radius 1 is 1.50 bits per heavy atom. The maximum Gasteiger partial charge on any atom is 0.0310 e. The van der Waals surface area contributed by atoms with Crippen LogP contribution in [0.15, 0.2) is 24.5 Å². The van der Waals surface area contributed by atoms with Crippen LogP contribution in [0, 0.1) is 0 Å². The second-order valence-corrected chi connectivity index (χ2v) is 2.58. The fourth-order valence-corrected chi connectivity index (χ4v) is 0.967. The molecule has 0 saturated carbocycles. The molecule has 0 aliphatic carbocycles. The summed E-state index contributed by atoms with van der Waals surface area (Å²) in [6, 6.07) is 4.01. The molecule has 0 bridgehead atoms. The molecule has 0 unspecified atom stereocenters. The fourth-order valence-electron chi connectivity index (χ4n) is 0.656. The number of hydrogen-bond acceptors (Lipinski definition) is 3. The Hall–Kier alpha value is -0.540. The Bertz CT molecular complexity index is 176. The summed E-state index contributed by atoms with van der Waals surface area (Å²) in [7, 11) is 0. The van der Waals surface area contributed by atoms with Crippen LogP contribution in [0.3, 0.4) is 0 Å². The van der Waals surface area contributed by atoms with Crippen molar-refractivity contribution in [2.45, 2.75) is 6.54 Å². The first kappa shape index (κ1) is 7.57. The summed E-state index contributed by atoms with van der Waals surface area (Å²) in [5.74, 6) is 0. The minimum atomic E-state index is 0.906. The van der Waals surface area contributed by atoms with Gasteiger partial charge in [-0.15, -0.1) is 0 Å². The zero-order valence-corrected chi connectivity index (χ0v) is 6.69.